The summed E-state index contributed by atoms with van der Waals surface area (Å²) in [6.07, 6.45) is 0. The lowest BCUT2D eigenvalue weighted by molar-refractivity contribution is -0.223. The first-order chi connectivity index (χ1) is 5.40. The molecule has 12 heavy (non-hydrogen) atoms. The molecule has 0 fully saturated rings. The van der Waals surface area contributed by atoms with Crippen LogP contribution in [0.1, 0.15) is 20.8 Å². The van der Waals surface area contributed by atoms with Gasteiger partial charge in [0, 0.05) is 14.1 Å². The highest BCUT2D eigenvalue weighted by molar-refractivity contribution is 5.78. The molecule has 0 aliphatic heterocycles. The Balaban J connectivity index is 4.09. The van der Waals surface area contributed by atoms with Gasteiger partial charge >= 0.3 is 5.97 Å². The maximum Gasteiger partial charge on any atom is 0.339 e. The molecule has 4 heteroatoms. The van der Waals surface area contributed by atoms with Gasteiger partial charge in [-0.1, -0.05) is 0 Å². The van der Waals surface area contributed by atoms with Crippen LogP contribution in [0.5, 0.6) is 0 Å². The van der Waals surface area contributed by atoms with Crippen LogP contribution in [0.4, 0.5) is 0 Å². The van der Waals surface area contributed by atoms with Crippen molar-refractivity contribution in [3.05, 3.63) is 0 Å². The van der Waals surface area contributed by atoms with Crippen LogP contribution in [0.3, 0.4) is 0 Å². The van der Waals surface area contributed by atoms with Crippen molar-refractivity contribution in [1.29, 1.82) is 0 Å². The Morgan fingerprint density at radius 1 is 1.42 bits per heavy atom. The lowest BCUT2D eigenvalue weighted by Gasteiger charge is -2.25. The third-order valence-electron chi connectivity index (χ3n) is 1.18. The minimum absolute atomic E-state index is 0.348. The molecule has 0 aromatic rings. The molecule has 0 aromatic carbocycles. The van der Waals surface area contributed by atoms with Crippen LogP contribution in [-0.2, 0) is 14.4 Å². The zero-order chi connectivity index (χ0) is 9.78. The predicted molar refractivity (Wildman–Crippen MR) is 45.5 cm³/mol. The van der Waals surface area contributed by atoms with Crippen LogP contribution in [0.25, 0.3) is 0 Å². The van der Waals surface area contributed by atoms with Crippen LogP contribution < -0.4 is 0 Å². The molecule has 0 saturated heterocycles. The topological polar surface area (TPSA) is 38.8 Å². The van der Waals surface area contributed by atoms with E-state index in [1.165, 1.54) is 5.06 Å². The first kappa shape index (κ1) is 11.4. The molecular formula is C8H17NO3. The molecule has 0 bridgehead atoms. The third-order valence-corrected chi connectivity index (χ3v) is 1.18. The molecule has 0 spiro atoms. The van der Waals surface area contributed by atoms with Crippen molar-refractivity contribution < 1.29 is 14.4 Å². The molecule has 0 rings (SSSR count). The summed E-state index contributed by atoms with van der Waals surface area (Å²) in [5.74, 6) is -0.348. The average Bonchev–Trinajstić information content (AvgIpc) is 1.85. The molecule has 72 valence electrons. The van der Waals surface area contributed by atoms with Gasteiger partial charge in [-0.15, -0.1) is 0 Å². The van der Waals surface area contributed by atoms with Crippen molar-refractivity contribution in [3.8, 4) is 0 Å². The van der Waals surface area contributed by atoms with Gasteiger partial charge in [0.15, 0.2) is 5.60 Å². The standard InChI is InChI=1S/C8H17NO3/c1-6-11-7(10)8(2,3)12-9(4)5/h6H2,1-5H3. The van der Waals surface area contributed by atoms with Crippen molar-refractivity contribution in [3.63, 3.8) is 0 Å². The molecule has 0 heterocycles. The van der Waals surface area contributed by atoms with Gasteiger partial charge < -0.3 is 4.74 Å². The molecule has 0 saturated carbocycles. The summed E-state index contributed by atoms with van der Waals surface area (Å²) in [5.41, 5.74) is -0.903. The summed E-state index contributed by atoms with van der Waals surface area (Å²) in [5, 5.41) is 1.48. The number of hydroxylamine groups is 2. The van der Waals surface area contributed by atoms with Crippen molar-refractivity contribution in [2.75, 3.05) is 20.7 Å². The van der Waals surface area contributed by atoms with E-state index in [-0.39, 0.29) is 5.97 Å². The Hall–Kier alpha value is -0.610. The lowest BCUT2D eigenvalue weighted by atomic mass is 10.1. The molecule has 0 atom stereocenters. The zero-order valence-corrected chi connectivity index (χ0v) is 8.38. The van der Waals surface area contributed by atoms with Crippen LogP contribution >= 0.6 is 0 Å². The number of esters is 1. The number of rotatable bonds is 4. The smallest absolute Gasteiger partial charge is 0.339 e. The Morgan fingerprint density at radius 3 is 2.25 bits per heavy atom. The average molecular weight is 175 g/mol. The molecular weight excluding hydrogens is 158 g/mol. The second kappa shape index (κ2) is 4.42. The Kier molecular flexibility index (Phi) is 4.20. The van der Waals surface area contributed by atoms with Gasteiger partial charge in [-0.2, -0.15) is 5.06 Å². The minimum Gasteiger partial charge on any atom is -0.464 e. The van der Waals surface area contributed by atoms with E-state index in [1.54, 1.807) is 34.9 Å². The number of nitrogens with zero attached hydrogens (tertiary/aromatic N) is 1. The zero-order valence-electron chi connectivity index (χ0n) is 8.38. The molecule has 4 nitrogen and oxygen atoms in total. The second-order valence-electron chi connectivity index (χ2n) is 3.13. The summed E-state index contributed by atoms with van der Waals surface area (Å²) >= 11 is 0. The SMILES string of the molecule is CCOC(=O)C(C)(C)ON(C)C. The van der Waals surface area contributed by atoms with Gasteiger partial charge in [-0.25, -0.2) is 4.79 Å². The first-order valence-corrected chi connectivity index (χ1v) is 3.94. The van der Waals surface area contributed by atoms with Crippen molar-refractivity contribution >= 4 is 5.97 Å². The summed E-state index contributed by atoms with van der Waals surface area (Å²) in [4.78, 5) is 16.4. The van der Waals surface area contributed by atoms with Gasteiger partial charge in [0.1, 0.15) is 0 Å². The van der Waals surface area contributed by atoms with Crippen LogP contribution in [-0.4, -0.2) is 37.3 Å². The highest BCUT2D eigenvalue weighted by Crippen LogP contribution is 2.11. The molecule has 0 radical (unpaired) electrons. The molecule has 0 amide bonds. The summed E-state index contributed by atoms with van der Waals surface area (Å²) in [6, 6.07) is 0. The van der Waals surface area contributed by atoms with Gasteiger partial charge in [0.25, 0.3) is 0 Å². The number of carbonyl (C=O) groups is 1. The normalized spacial score (nSPS) is 11.8. The van der Waals surface area contributed by atoms with Crippen LogP contribution in [0, 0.1) is 0 Å². The van der Waals surface area contributed by atoms with E-state index in [2.05, 4.69) is 0 Å². The fourth-order valence-electron chi connectivity index (χ4n) is 0.799. The highest BCUT2D eigenvalue weighted by atomic mass is 16.7. The predicted octanol–water partition coefficient (Wildman–Crippen LogP) is 0.821. The number of carbonyl (C=O) groups excluding carboxylic acids is 1. The van der Waals surface area contributed by atoms with Crippen LogP contribution in [0.2, 0.25) is 0 Å². The van der Waals surface area contributed by atoms with E-state index in [4.69, 9.17) is 9.57 Å². The second-order valence-corrected chi connectivity index (χ2v) is 3.13. The number of ether oxygens (including phenoxy) is 1. The van der Waals surface area contributed by atoms with Crippen molar-refractivity contribution in [2.24, 2.45) is 0 Å². The van der Waals surface area contributed by atoms with Crippen LogP contribution in [0.15, 0.2) is 0 Å². The van der Waals surface area contributed by atoms with E-state index >= 15 is 0 Å². The van der Waals surface area contributed by atoms with Crippen molar-refractivity contribution in [1.82, 2.24) is 5.06 Å². The molecule has 0 aliphatic carbocycles. The summed E-state index contributed by atoms with van der Waals surface area (Å²) in [7, 11) is 3.45. The van der Waals surface area contributed by atoms with Gasteiger partial charge in [0.2, 0.25) is 0 Å². The van der Waals surface area contributed by atoms with E-state index < -0.39 is 5.60 Å². The van der Waals surface area contributed by atoms with E-state index in [9.17, 15) is 4.79 Å². The van der Waals surface area contributed by atoms with Gasteiger partial charge in [-0.3, -0.25) is 4.84 Å². The third kappa shape index (κ3) is 3.69. The largest absolute Gasteiger partial charge is 0.464 e. The molecule has 0 unspecified atom stereocenters. The lowest BCUT2D eigenvalue weighted by Crippen LogP contribution is -2.40. The number of hydrogen-bond donors (Lipinski definition) is 0. The quantitative estimate of drug-likeness (QED) is 0.468. The Bertz CT molecular complexity index is 154. The Labute approximate surface area is 73.4 Å². The Morgan fingerprint density at radius 2 is 1.92 bits per heavy atom. The highest BCUT2D eigenvalue weighted by Gasteiger charge is 2.31. The monoisotopic (exact) mass is 175 g/mol. The molecule has 0 aromatic heterocycles. The van der Waals surface area contributed by atoms with Crippen molar-refractivity contribution in [2.45, 2.75) is 26.4 Å². The maximum atomic E-state index is 11.2. The maximum absolute atomic E-state index is 11.2. The van der Waals surface area contributed by atoms with E-state index in [1.807, 2.05) is 0 Å². The molecule has 0 N–H and O–H groups in total. The summed E-state index contributed by atoms with van der Waals surface area (Å²) < 4.78 is 4.82. The number of hydrogen-bond acceptors (Lipinski definition) is 4. The van der Waals surface area contributed by atoms with Gasteiger partial charge in [-0.05, 0) is 20.8 Å². The first-order valence-electron chi connectivity index (χ1n) is 3.94. The van der Waals surface area contributed by atoms with E-state index in [0.29, 0.717) is 6.61 Å². The van der Waals surface area contributed by atoms with E-state index in [0.717, 1.165) is 0 Å². The fourth-order valence-corrected chi connectivity index (χ4v) is 0.799. The minimum atomic E-state index is -0.903. The van der Waals surface area contributed by atoms with Gasteiger partial charge in [0.05, 0.1) is 6.61 Å². The summed E-state index contributed by atoms with van der Waals surface area (Å²) in [6.45, 7) is 5.48. The molecule has 0 aliphatic rings. The fraction of sp³-hybridized carbons (Fsp3) is 0.875.